The quantitative estimate of drug-likeness (QED) is 0.304. The van der Waals surface area contributed by atoms with Crippen LogP contribution in [0.1, 0.15) is 70.9 Å². The van der Waals surface area contributed by atoms with Gasteiger partial charge in [0.15, 0.2) is 0 Å². The van der Waals surface area contributed by atoms with Gasteiger partial charge in [-0.2, -0.15) is 0 Å². The molecule has 2 N–H and O–H groups in total. The number of aliphatic carboxylic acids is 2. The molecule has 0 fully saturated rings. The van der Waals surface area contributed by atoms with Gasteiger partial charge in [0.2, 0.25) is 0 Å². The van der Waals surface area contributed by atoms with E-state index in [1.54, 1.807) is 0 Å². The second kappa shape index (κ2) is 12.1. The van der Waals surface area contributed by atoms with Crippen LogP contribution in [0.2, 0.25) is 0 Å². The standard InChI is InChI=1S/C36H41ClN2O4/c1-35(2)26-12-5-7-14-28(26)38(22-20-32(40)41)30(35)18-16-24-10-9-11-25(34(24)37)17-19-31-36(3,4)27-13-6-8-15-29(27)39(31)23-21-33(42)43/h5-8,12-19,30H,9-11,20-23H2,1-4H3,(H,40,41)(H,42,43)/b18-16+,25-17+,31-19+. The molecule has 7 heteroatoms. The van der Waals surface area contributed by atoms with Crippen LogP contribution in [0, 0.1) is 0 Å². The number of halogens is 1. The van der Waals surface area contributed by atoms with Crippen molar-refractivity contribution in [2.75, 3.05) is 22.9 Å². The van der Waals surface area contributed by atoms with Gasteiger partial charge in [-0.15, -0.1) is 0 Å². The fraction of sp³-hybridized carbons (Fsp3) is 0.389. The number of anilines is 2. The average molecular weight is 601 g/mol. The zero-order valence-corrected chi connectivity index (χ0v) is 26.2. The Morgan fingerprint density at radius 1 is 0.884 bits per heavy atom. The first-order valence-corrected chi connectivity index (χ1v) is 15.5. The van der Waals surface area contributed by atoms with Crippen molar-refractivity contribution in [1.82, 2.24) is 0 Å². The molecule has 2 aromatic carbocycles. The second-order valence-electron chi connectivity index (χ2n) is 12.8. The van der Waals surface area contributed by atoms with Gasteiger partial charge in [0.05, 0.1) is 18.9 Å². The third kappa shape index (κ3) is 5.90. The van der Waals surface area contributed by atoms with Gasteiger partial charge in [0, 0.05) is 46.0 Å². The monoisotopic (exact) mass is 600 g/mol. The molecule has 1 aliphatic carbocycles. The Kier molecular flexibility index (Phi) is 8.62. The Hall–Kier alpha value is -3.77. The number of fused-ring (bicyclic) bond motifs is 2. The van der Waals surface area contributed by atoms with E-state index in [0.29, 0.717) is 13.1 Å². The van der Waals surface area contributed by atoms with Crippen molar-refractivity contribution in [3.63, 3.8) is 0 Å². The lowest BCUT2D eigenvalue weighted by molar-refractivity contribution is -0.137. The van der Waals surface area contributed by atoms with E-state index in [4.69, 9.17) is 11.6 Å². The van der Waals surface area contributed by atoms with Crippen molar-refractivity contribution in [2.45, 2.75) is 76.7 Å². The number of nitrogens with zero attached hydrogens (tertiary/aromatic N) is 2. The molecule has 0 amide bonds. The van der Waals surface area contributed by atoms with Gasteiger partial charge >= 0.3 is 11.9 Å². The second-order valence-corrected chi connectivity index (χ2v) is 13.1. The molecule has 1 unspecified atom stereocenters. The number of allylic oxidation sites excluding steroid dienone is 7. The summed E-state index contributed by atoms with van der Waals surface area (Å²) in [4.78, 5) is 27.3. The molecule has 0 saturated heterocycles. The fourth-order valence-electron chi connectivity index (χ4n) is 6.97. The summed E-state index contributed by atoms with van der Waals surface area (Å²) in [5, 5.41) is 19.6. The molecule has 3 aliphatic rings. The first kappa shape index (κ1) is 30.7. The van der Waals surface area contributed by atoms with Crippen molar-refractivity contribution in [3.05, 3.63) is 106 Å². The minimum absolute atomic E-state index is 0.00160. The smallest absolute Gasteiger partial charge is 0.305 e. The summed E-state index contributed by atoms with van der Waals surface area (Å²) in [5.74, 6) is -1.62. The van der Waals surface area contributed by atoms with Crippen LogP contribution in [0.5, 0.6) is 0 Å². The van der Waals surface area contributed by atoms with Crippen molar-refractivity contribution in [1.29, 1.82) is 0 Å². The molecule has 5 rings (SSSR count). The summed E-state index contributed by atoms with van der Waals surface area (Å²) in [7, 11) is 0. The molecule has 2 heterocycles. The summed E-state index contributed by atoms with van der Waals surface area (Å²) >= 11 is 7.07. The minimum Gasteiger partial charge on any atom is -0.481 e. The molecule has 6 nitrogen and oxygen atoms in total. The number of carboxylic acid groups (broad SMARTS) is 2. The normalized spacial score (nSPS) is 22.5. The summed E-state index contributed by atoms with van der Waals surface area (Å²) in [5.41, 5.74) is 7.30. The lowest BCUT2D eigenvalue weighted by Crippen LogP contribution is -2.41. The number of benzene rings is 2. The molecule has 0 aromatic heterocycles. The first-order valence-electron chi connectivity index (χ1n) is 15.1. The highest BCUT2D eigenvalue weighted by Gasteiger charge is 2.43. The molecular formula is C36H41ClN2O4. The van der Waals surface area contributed by atoms with Gasteiger partial charge in [-0.25, -0.2) is 0 Å². The highest BCUT2D eigenvalue weighted by molar-refractivity contribution is 6.32. The molecule has 43 heavy (non-hydrogen) atoms. The minimum atomic E-state index is -0.815. The highest BCUT2D eigenvalue weighted by Crippen LogP contribution is 2.48. The molecule has 0 bridgehead atoms. The topological polar surface area (TPSA) is 81.1 Å². The summed E-state index contributed by atoms with van der Waals surface area (Å²) in [6, 6.07) is 16.5. The maximum atomic E-state index is 11.5. The van der Waals surface area contributed by atoms with Crippen LogP contribution in [-0.2, 0) is 20.4 Å². The van der Waals surface area contributed by atoms with Gasteiger partial charge in [-0.05, 0) is 59.7 Å². The van der Waals surface area contributed by atoms with E-state index in [2.05, 4.69) is 86.1 Å². The Morgan fingerprint density at radius 3 is 2.21 bits per heavy atom. The van der Waals surface area contributed by atoms with E-state index in [-0.39, 0.29) is 29.7 Å². The van der Waals surface area contributed by atoms with Crippen molar-refractivity contribution in [3.8, 4) is 0 Å². The first-order chi connectivity index (χ1) is 20.4. The molecule has 1 atom stereocenters. The molecule has 2 aliphatic heterocycles. The van der Waals surface area contributed by atoms with Gasteiger partial charge in [0.25, 0.3) is 0 Å². The number of carboxylic acids is 2. The van der Waals surface area contributed by atoms with Crippen LogP contribution in [0.4, 0.5) is 11.4 Å². The predicted octanol–water partition coefficient (Wildman–Crippen LogP) is 7.94. The molecule has 0 spiro atoms. The largest absolute Gasteiger partial charge is 0.481 e. The number of hydrogen-bond donors (Lipinski definition) is 2. The van der Waals surface area contributed by atoms with Gasteiger partial charge < -0.3 is 20.0 Å². The van der Waals surface area contributed by atoms with E-state index in [0.717, 1.165) is 52.5 Å². The zero-order chi connectivity index (χ0) is 30.9. The Labute approximate surface area is 259 Å². The van der Waals surface area contributed by atoms with Crippen molar-refractivity contribution >= 4 is 34.9 Å². The molecule has 0 saturated carbocycles. The maximum Gasteiger partial charge on any atom is 0.305 e. The SMILES string of the molecule is CC1(C)/C(=C\C=C2/CCCC(/C=C/C3N(CCC(=O)O)c4ccccc4C3(C)C)=C2Cl)N(CCC(=O)O)c2ccccc21. The fourth-order valence-corrected chi connectivity index (χ4v) is 7.29. The lowest BCUT2D eigenvalue weighted by Gasteiger charge is -2.32. The summed E-state index contributed by atoms with van der Waals surface area (Å²) < 4.78 is 0. The number of hydrogen-bond acceptors (Lipinski definition) is 4. The summed E-state index contributed by atoms with van der Waals surface area (Å²) in [6.45, 7) is 9.63. The Bertz CT molecular complexity index is 1550. The van der Waals surface area contributed by atoms with Crippen LogP contribution >= 0.6 is 11.6 Å². The van der Waals surface area contributed by atoms with Gasteiger partial charge in [-0.1, -0.05) is 93.9 Å². The van der Waals surface area contributed by atoms with E-state index in [9.17, 15) is 19.8 Å². The lowest BCUT2D eigenvalue weighted by atomic mass is 9.80. The van der Waals surface area contributed by atoms with E-state index >= 15 is 0 Å². The maximum absolute atomic E-state index is 11.5. The van der Waals surface area contributed by atoms with Crippen molar-refractivity contribution < 1.29 is 19.8 Å². The third-order valence-corrected chi connectivity index (χ3v) is 9.76. The van der Waals surface area contributed by atoms with Crippen LogP contribution in [-0.4, -0.2) is 41.3 Å². The number of para-hydroxylation sites is 2. The number of carbonyl (C=O) groups is 2. The zero-order valence-electron chi connectivity index (χ0n) is 25.4. The Morgan fingerprint density at radius 2 is 1.51 bits per heavy atom. The molecule has 226 valence electrons. The van der Waals surface area contributed by atoms with Crippen LogP contribution in [0.3, 0.4) is 0 Å². The average Bonchev–Trinajstić information content (AvgIpc) is 3.32. The van der Waals surface area contributed by atoms with E-state index in [1.807, 2.05) is 24.3 Å². The predicted molar refractivity (Wildman–Crippen MR) is 174 cm³/mol. The third-order valence-electron chi connectivity index (χ3n) is 9.28. The van der Waals surface area contributed by atoms with Crippen LogP contribution < -0.4 is 9.80 Å². The highest BCUT2D eigenvalue weighted by atomic mass is 35.5. The molecule has 2 aromatic rings. The number of rotatable bonds is 9. The van der Waals surface area contributed by atoms with Crippen LogP contribution in [0.25, 0.3) is 0 Å². The Balaban J connectivity index is 1.46. The van der Waals surface area contributed by atoms with Crippen molar-refractivity contribution in [2.24, 2.45) is 0 Å². The van der Waals surface area contributed by atoms with E-state index < -0.39 is 11.9 Å². The summed E-state index contributed by atoms with van der Waals surface area (Å²) in [6.07, 6.45) is 11.4. The van der Waals surface area contributed by atoms with Gasteiger partial charge in [-0.3, -0.25) is 9.59 Å². The van der Waals surface area contributed by atoms with Crippen LogP contribution in [0.15, 0.2) is 94.7 Å². The van der Waals surface area contributed by atoms with E-state index in [1.165, 1.54) is 11.1 Å². The molecular weight excluding hydrogens is 560 g/mol. The molecule has 0 radical (unpaired) electrons. The van der Waals surface area contributed by atoms with Gasteiger partial charge in [0.1, 0.15) is 0 Å².